The Kier molecular flexibility index (Phi) is 7.86. The number of piperidine rings is 1. The van der Waals surface area contributed by atoms with Crippen LogP contribution in [-0.4, -0.2) is 48.1 Å². The highest BCUT2D eigenvalue weighted by atomic mass is 16.3. The van der Waals surface area contributed by atoms with E-state index in [4.69, 9.17) is 5.11 Å². The van der Waals surface area contributed by atoms with Crippen LogP contribution in [-0.2, 0) is 9.59 Å². The summed E-state index contributed by atoms with van der Waals surface area (Å²) in [6.45, 7) is 1.97. The Morgan fingerprint density at radius 3 is 2.35 bits per heavy atom. The molecule has 1 aliphatic carbocycles. The van der Waals surface area contributed by atoms with Crippen molar-refractivity contribution in [2.24, 2.45) is 11.8 Å². The third-order valence-corrected chi connectivity index (χ3v) is 5.37. The van der Waals surface area contributed by atoms with Crippen LogP contribution in [0.2, 0.25) is 0 Å². The molecule has 1 saturated carbocycles. The van der Waals surface area contributed by atoms with Crippen molar-refractivity contribution in [3.8, 4) is 0 Å². The van der Waals surface area contributed by atoms with Crippen molar-refractivity contribution in [2.45, 2.75) is 64.2 Å². The van der Waals surface area contributed by atoms with Gasteiger partial charge in [-0.05, 0) is 50.4 Å². The molecule has 2 fully saturated rings. The molecule has 132 valence electrons. The third-order valence-electron chi connectivity index (χ3n) is 5.37. The highest BCUT2D eigenvalue weighted by Crippen LogP contribution is 2.26. The molecule has 1 aliphatic heterocycles. The molecule has 2 rings (SSSR count). The van der Waals surface area contributed by atoms with Gasteiger partial charge in [-0.3, -0.25) is 9.59 Å². The van der Waals surface area contributed by atoms with Crippen LogP contribution < -0.4 is 5.32 Å². The second-order valence-electron chi connectivity index (χ2n) is 7.17. The van der Waals surface area contributed by atoms with E-state index < -0.39 is 0 Å². The van der Waals surface area contributed by atoms with Gasteiger partial charge >= 0.3 is 0 Å². The average molecular weight is 324 g/mol. The number of aliphatic hydroxyl groups excluding tert-OH is 1. The van der Waals surface area contributed by atoms with E-state index in [0.717, 1.165) is 51.6 Å². The highest BCUT2D eigenvalue weighted by molar-refractivity contribution is 5.84. The van der Waals surface area contributed by atoms with Crippen molar-refractivity contribution < 1.29 is 14.7 Å². The van der Waals surface area contributed by atoms with Gasteiger partial charge in [0, 0.05) is 26.1 Å². The summed E-state index contributed by atoms with van der Waals surface area (Å²) in [4.78, 5) is 26.0. The lowest BCUT2D eigenvalue weighted by Gasteiger charge is -2.32. The average Bonchev–Trinajstić information content (AvgIpc) is 2.59. The number of aliphatic hydroxyl groups is 1. The van der Waals surface area contributed by atoms with Crippen LogP contribution in [0, 0.1) is 11.8 Å². The maximum absolute atomic E-state index is 12.2. The predicted molar refractivity (Wildman–Crippen MR) is 89.8 cm³/mol. The molecule has 0 bridgehead atoms. The molecule has 5 nitrogen and oxygen atoms in total. The largest absolute Gasteiger partial charge is 0.396 e. The van der Waals surface area contributed by atoms with E-state index in [1.165, 1.54) is 19.3 Å². The van der Waals surface area contributed by atoms with Gasteiger partial charge < -0.3 is 15.3 Å². The van der Waals surface area contributed by atoms with E-state index in [2.05, 4.69) is 5.32 Å². The molecule has 2 aliphatic rings. The van der Waals surface area contributed by atoms with Gasteiger partial charge in [-0.25, -0.2) is 0 Å². The number of hydrogen-bond acceptors (Lipinski definition) is 3. The van der Waals surface area contributed by atoms with E-state index in [0.29, 0.717) is 18.3 Å². The number of rotatable bonds is 7. The van der Waals surface area contributed by atoms with Crippen LogP contribution in [0.15, 0.2) is 0 Å². The van der Waals surface area contributed by atoms with Gasteiger partial charge in [-0.2, -0.15) is 0 Å². The fourth-order valence-electron chi connectivity index (χ4n) is 3.86. The molecule has 0 spiro atoms. The summed E-state index contributed by atoms with van der Waals surface area (Å²) in [6, 6.07) is 0. The minimum absolute atomic E-state index is 0.0306. The summed E-state index contributed by atoms with van der Waals surface area (Å²) in [7, 11) is 0. The smallest absolute Gasteiger partial charge is 0.241 e. The van der Waals surface area contributed by atoms with Gasteiger partial charge in [0.25, 0.3) is 0 Å². The first kappa shape index (κ1) is 18.2. The first-order chi connectivity index (χ1) is 11.2. The Morgan fingerprint density at radius 1 is 1.00 bits per heavy atom. The summed E-state index contributed by atoms with van der Waals surface area (Å²) in [5.74, 6) is 1.22. The Bertz CT molecular complexity index is 372. The minimum Gasteiger partial charge on any atom is -0.396 e. The fourth-order valence-corrected chi connectivity index (χ4v) is 3.86. The molecule has 23 heavy (non-hydrogen) atoms. The van der Waals surface area contributed by atoms with Gasteiger partial charge in [0.1, 0.15) is 0 Å². The molecule has 2 amide bonds. The second kappa shape index (κ2) is 9.91. The fraction of sp³-hybridized carbons (Fsp3) is 0.889. The summed E-state index contributed by atoms with van der Waals surface area (Å²) in [5, 5.41) is 11.7. The lowest BCUT2D eigenvalue weighted by molar-refractivity contribution is -0.134. The van der Waals surface area contributed by atoms with Crippen molar-refractivity contribution in [3.63, 3.8) is 0 Å². The molecule has 0 aromatic heterocycles. The monoisotopic (exact) mass is 324 g/mol. The standard InChI is InChI=1S/C18H32N2O3/c21-12-4-7-15-8-10-20(11-9-15)18(23)14-19-17(22)13-16-5-2-1-3-6-16/h15-16,21H,1-14H2,(H,19,22). The van der Waals surface area contributed by atoms with Gasteiger partial charge in [0.15, 0.2) is 0 Å². The first-order valence-corrected chi connectivity index (χ1v) is 9.34. The van der Waals surface area contributed by atoms with Crippen molar-refractivity contribution >= 4 is 11.8 Å². The normalized spacial score (nSPS) is 20.5. The van der Waals surface area contributed by atoms with Crippen LogP contribution in [0.4, 0.5) is 0 Å². The summed E-state index contributed by atoms with van der Waals surface area (Å²) in [6.07, 6.45) is 10.6. The molecular weight excluding hydrogens is 292 g/mol. The maximum Gasteiger partial charge on any atom is 0.241 e. The third kappa shape index (κ3) is 6.50. The number of nitrogens with one attached hydrogen (secondary N) is 1. The van der Waals surface area contributed by atoms with Crippen LogP contribution in [0.25, 0.3) is 0 Å². The quantitative estimate of drug-likeness (QED) is 0.753. The SMILES string of the molecule is O=C(CC1CCCCC1)NCC(=O)N1CCC(CCCO)CC1. The van der Waals surface area contributed by atoms with E-state index in [9.17, 15) is 9.59 Å². The Balaban J connectivity index is 1.60. The topological polar surface area (TPSA) is 69.6 Å². The van der Waals surface area contributed by atoms with E-state index in [-0.39, 0.29) is 25.0 Å². The zero-order valence-electron chi connectivity index (χ0n) is 14.3. The molecule has 0 aromatic rings. The molecule has 0 unspecified atom stereocenters. The van der Waals surface area contributed by atoms with Gasteiger partial charge in [0.05, 0.1) is 6.54 Å². The molecule has 0 aromatic carbocycles. The maximum atomic E-state index is 12.2. The van der Waals surface area contributed by atoms with Crippen LogP contribution in [0.1, 0.15) is 64.2 Å². The van der Waals surface area contributed by atoms with E-state index in [1.807, 2.05) is 4.90 Å². The number of carbonyl (C=O) groups is 2. The van der Waals surface area contributed by atoms with Crippen molar-refractivity contribution in [2.75, 3.05) is 26.2 Å². The second-order valence-corrected chi connectivity index (χ2v) is 7.17. The predicted octanol–water partition coefficient (Wildman–Crippen LogP) is 2.08. The lowest BCUT2D eigenvalue weighted by atomic mass is 9.87. The number of likely N-dealkylation sites (tertiary alicyclic amines) is 1. The summed E-state index contributed by atoms with van der Waals surface area (Å²) >= 11 is 0. The van der Waals surface area contributed by atoms with Crippen LogP contribution in [0.5, 0.6) is 0 Å². The molecule has 0 radical (unpaired) electrons. The van der Waals surface area contributed by atoms with Crippen molar-refractivity contribution in [1.29, 1.82) is 0 Å². The summed E-state index contributed by atoms with van der Waals surface area (Å²) in [5.41, 5.74) is 0. The molecule has 2 N–H and O–H groups in total. The molecular formula is C18H32N2O3. The first-order valence-electron chi connectivity index (χ1n) is 9.34. The molecule has 5 heteroatoms. The molecule has 1 heterocycles. The van der Waals surface area contributed by atoms with Crippen molar-refractivity contribution in [1.82, 2.24) is 10.2 Å². The lowest BCUT2D eigenvalue weighted by Crippen LogP contribution is -2.44. The van der Waals surface area contributed by atoms with Gasteiger partial charge in [-0.15, -0.1) is 0 Å². The van der Waals surface area contributed by atoms with E-state index >= 15 is 0 Å². The van der Waals surface area contributed by atoms with Crippen molar-refractivity contribution in [3.05, 3.63) is 0 Å². The molecule has 0 atom stereocenters. The Labute approximate surface area is 139 Å². The highest BCUT2D eigenvalue weighted by Gasteiger charge is 2.23. The zero-order valence-corrected chi connectivity index (χ0v) is 14.3. The van der Waals surface area contributed by atoms with Crippen LogP contribution >= 0.6 is 0 Å². The minimum atomic E-state index is 0.0306. The number of hydrogen-bond donors (Lipinski definition) is 2. The van der Waals surface area contributed by atoms with Gasteiger partial charge in [0.2, 0.25) is 11.8 Å². The van der Waals surface area contributed by atoms with Crippen LogP contribution in [0.3, 0.4) is 0 Å². The molecule has 1 saturated heterocycles. The van der Waals surface area contributed by atoms with E-state index in [1.54, 1.807) is 0 Å². The Hall–Kier alpha value is -1.10. The number of carbonyl (C=O) groups excluding carboxylic acids is 2. The number of amides is 2. The van der Waals surface area contributed by atoms with Gasteiger partial charge in [-0.1, -0.05) is 19.3 Å². The summed E-state index contributed by atoms with van der Waals surface area (Å²) < 4.78 is 0. The zero-order chi connectivity index (χ0) is 16.5. The Morgan fingerprint density at radius 2 is 1.70 bits per heavy atom. The number of nitrogens with zero attached hydrogens (tertiary/aromatic N) is 1.